The third-order valence-corrected chi connectivity index (χ3v) is 5.27. The maximum atomic E-state index is 13.3. The van der Waals surface area contributed by atoms with Crippen molar-refractivity contribution in [3.63, 3.8) is 0 Å². The Bertz CT molecular complexity index is 840. The molecule has 0 amide bonds. The van der Waals surface area contributed by atoms with Crippen LogP contribution in [0.1, 0.15) is 42.0 Å². The van der Waals surface area contributed by atoms with Crippen LogP contribution in [0.25, 0.3) is 0 Å². The molecule has 0 N–H and O–H groups in total. The van der Waals surface area contributed by atoms with E-state index in [9.17, 15) is 4.39 Å². The first-order valence-electron chi connectivity index (χ1n) is 8.02. The van der Waals surface area contributed by atoms with Crippen LogP contribution in [0, 0.1) is 5.82 Å². The van der Waals surface area contributed by atoms with Crippen molar-refractivity contribution in [2.24, 2.45) is 0 Å². The third-order valence-electron chi connectivity index (χ3n) is 3.99. The normalized spacial score (nSPS) is 13.6. The Morgan fingerprint density at radius 1 is 1.08 bits per heavy atom. The van der Waals surface area contributed by atoms with Crippen molar-refractivity contribution in [2.45, 2.75) is 36.7 Å². The smallest absolute Gasteiger partial charge is 0.277 e. The van der Waals surface area contributed by atoms with Crippen LogP contribution in [-0.4, -0.2) is 10.2 Å². The van der Waals surface area contributed by atoms with Crippen LogP contribution in [0.3, 0.4) is 0 Å². The molecular formula is C19H18ClFN2OS. The molecule has 25 heavy (non-hydrogen) atoms. The van der Waals surface area contributed by atoms with Gasteiger partial charge in [0.15, 0.2) is 0 Å². The van der Waals surface area contributed by atoms with Crippen molar-refractivity contribution in [1.29, 1.82) is 0 Å². The zero-order valence-corrected chi connectivity index (χ0v) is 15.5. The number of hydrogen-bond donors (Lipinski definition) is 0. The number of thioether (sulfide) groups is 1. The average Bonchev–Trinajstić information content (AvgIpc) is 3.04. The van der Waals surface area contributed by atoms with E-state index < -0.39 is 5.82 Å². The molecule has 2 aromatic carbocycles. The Morgan fingerprint density at radius 3 is 2.56 bits per heavy atom. The highest BCUT2D eigenvalue weighted by atomic mass is 35.5. The molecule has 0 saturated carbocycles. The fourth-order valence-corrected chi connectivity index (χ4v) is 3.52. The lowest BCUT2D eigenvalue weighted by molar-refractivity contribution is 0.404. The van der Waals surface area contributed by atoms with Gasteiger partial charge < -0.3 is 4.42 Å². The average molecular weight is 377 g/mol. The molecule has 130 valence electrons. The Labute approximate surface area is 155 Å². The first kappa shape index (κ1) is 18.0. The molecule has 3 nitrogen and oxygen atoms in total. The van der Waals surface area contributed by atoms with Crippen LogP contribution in [0.4, 0.5) is 4.39 Å². The molecule has 3 aromatic rings. The van der Waals surface area contributed by atoms with Crippen LogP contribution in [0.2, 0.25) is 5.02 Å². The summed E-state index contributed by atoms with van der Waals surface area (Å²) in [4.78, 5) is 0. The van der Waals surface area contributed by atoms with Crippen LogP contribution in [-0.2, 0) is 6.42 Å². The predicted molar refractivity (Wildman–Crippen MR) is 98.5 cm³/mol. The summed E-state index contributed by atoms with van der Waals surface area (Å²) in [6, 6.07) is 15.0. The Morgan fingerprint density at radius 2 is 1.84 bits per heavy atom. The molecule has 0 aliphatic heterocycles. The number of halogens is 2. The predicted octanol–water partition coefficient (Wildman–Crippen LogP) is 6.06. The molecule has 6 heteroatoms. The van der Waals surface area contributed by atoms with Gasteiger partial charge in [0.1, 0.15) is 5.82 Å². The van der Waals surface area contributed by atoms with E-state index in [1.807, 2.05) is 25.1 Å². The molecule has 0 saturated heterocycles. The van der Waals surface area contributed by atoms with E-state index >= 15 is 0 Å². The molecule has 0 spiro atoms. The molecule has 0 aliphatic rings. The number of benzene rings is 2. The lowest BCUT2D eigenvalue weighted by Crippen LogP contribution is -1.98. The van der Waals surface area contributed by atoms with E-state index in [1.54, 1.807) is 12.1 Å². The quantitative estimate of drug-likeness (QED) is 0.490. The molecule has 0 aliphatic carbocycles. The van der Waals surface area contributed by atoms with Crippen molar-refractivity contribution < 1.29 is 8.81 Å². The minimum atomic E-state index is -0.419. The summed E-state index contributed by atoms with van der Waals surface area (Å²) in [6.07, 6.45) is 0.689. The van der Waals surface area contributed by atoms with Crippen LogP contribution in [0.15, 0.2) is 58.2 Å². The molecule has 0 fully saturated rings. The monoisotopic (exact) mass is 376 g/mol. The number of hydrogen-bond acceptors (Lipinski definition) is 4. The molecule has 2 atom stereocenters. The summed E-state index contributed by atoms with van der Waals surface area (Å²) in [6.45, 7) is 4.13. The molecule has 3 rings (SSSR count). The number of rotatable bonds is 6. The zero-order valence-electron chi connectivity index (χ0n) is 13.9. The third kappa shape index (κ3) is 4.61. The van der Waals surface area contributed by atoms with Crippen molar-refractivity contribution in [3.8, 4) is 0 Å². The highest BCUT2D eigenvalue weighted by molar-refractivity contribution is 7.99. The number of aromatic nitrogens is 2. The van der Waals surface area contributed by atoms with Gasteiger partial charge >= 0.3 is 0 Å². The fourth-order valence-electron chi connectivity index (χ4n) is 2.51. The molecule has 0 radical (unpaired) electrons. The van der Waals surface area contributed by atoms with E-state index in [0.717, 1.165) is 5.56 Å². The Kier molecular flexibility index (Phi) is 5.76. The van der Waals surface area contributed by atoms with Gasteiger partial charge in [-0.05, 0) is 36.1 Å². The lowest BCUT2D eigenvalue weighted by atomic mass is 9.98. The maximum Gasteiger partial charge on any atom is 0.277 e. The van der Waals surface area contributed by atoms with E-state index in [1.165, 1.54) is 23.4 Å². The Balaban J connectivity index is 1.64. The van der Waals surface area contributed by atoms with E-state index in [2.05, 4.69) is 29.3 Å². The van der Waals surface area contributed by atoms with Gasteiger partial charge in [-0.25, -0.2) is 4.39 Å². The van der Waals surface area contributed by atoms with E-state index in [4.69, 9.17) is 16.0 Å². The maximum absolute atomic E-state index is 13.3. The SMILES string of the molecule is C[C@H](Cc1nnc(S[C@@H](C)c2ccc(F)c(Cl)c2)o1)c1ccccc1. The minimum Gasteiger partial charge on any atom is -0.416 e. The molecule has 0 bridgehead atoms. The summed E-state index contributed by atoms with van der Waals surface area (Å²) in [5.41, 5.74) is 2.15. The summed E-state index contributed by atoms with van der Waals surface area (Å²) in [5.74, 6) is 0.494. The minimum absolute atomic E-state index is 0.0259. The van der Waals surface area contributed by atoms with Gasteiger partial charge in [0, 0.05) is 11.7 Å². The van der Waals surface area contributed by atoms with Crippen molar-refractivity contribution in [2.75, 3.05) is 0 Å². The first-order chi connectivity index (χ1) is 12.0. The fraction of sp³-hybridized carbons (Fsp3) is 0.263. The van der Waals surface area contributed by atoms with E-state index in [-0.39, 0.29) is 10.3 Å². The molecule has 1 aromatic heterocycles. The van der Waals surface area contributed by atoms with Crippen molar-refractivity contribution >= 4 is 23.4 Å². The second-order valence-electron chi connectivity index (χ2n) is 5.91. The second kappa shape index (κ2) is 8.02. The van der Waals surface area contributed by atoms with Gasteiger partial charge in [-0.2, -0.15) is 0 Å². The molecule has 1 heterocycles. The summed E-state index contributed by atoms with van der Waals surface area (Å²) >= 11 is 7.28. The topological polar surface area (TPSA) is 38.9 Å². The van der Waals surface area contributed by atoms with Gasteiger partial charge in [-0.1, -0.05) is 66.7 Å². The van der Waals surface area contributed by atoms with Gasteiger partial charge in [-0.15, -0.1) is 10.2 Å². The summed E-state index contributed by atoms with van der Waals surface area (Å²) in [5, 5.41) is 8.89. The summed E-state index contributed by atoms with van der Waals surface area (Å²) in [7, 11) is 0. The molecule has 0 unspecified atom stereocenters. The van der Waals surface area contributed by atoms with Gasteiger partial charge in [0.25, 0.3) is 5.22 Å². The first-order valence-corrected chi connectivity index (χ1v) is 9.27. The second-order valence-corrected chi connectivity index (χ2v) is 7.61. The van der Waals surface area contributed by atoms with Crippen molar-refractivity contribution in [3.05, 3.63) is 76.4 Å². The number of nitrogens with zero attached hydrogens (tertiary/aromatic N) is 2. The van der Waals surface area contributed by atoms with Crippen LogP contribution < -0.4 is 0 Å². The van der Waals surface area contributed by atoms with Crippen LogP contribution >= 0.6 is 23.4 Å². The van der Waals surface area contributed by atoms with E-state index in [0.29, 0.717) is 23.5 Å². The summed E-state index contributed by atoms with van der Waals surface area (Å²) < 4.78 is 19.0. The Hall–Kier alpha value is -1.85. The highest BCUT2D eigenvalue weighted by Gasteiger charge is 2.16. The lowest BCUT2D eigenvalue weighted by Gasteiger charge is -2.10. The molecular weight excluding hydrogens is 359 g/mol. The zero-order chi connectivity index (χ0) is 17.8. The van der Waals surface area contributed by atoms with Crippen LogP contribution in [0.5, 0.6) is 0 Å². The standard InChI is InChI=1S/C19H18ClFN2OS/c1-12(14-6-4-3-5-7-14)10-18-22-23-19(24-18)25-13(2)15-8-9-17(21)16(20)11-15/h3-9,11-13H,10H2,1-2H3/t12-,13+/m1/s1. The van der Waals surface area contributed by atoms with Gasteiger partial charge in [0.05, 0.1) is 5.02 Å². The van der Waals surface area contributed by atoms with Crippen molar-refractivity contribution in [1.82, 2.24) is 10.2 Å². The van der Waals surface area contributed by atoms with Gasteiger partial charge in [0.2, 0.25) is 5.89 Å². The highest BCUT2D eigenvalue weighted by Crippen LogP contribution is 2.35. The largest absolute Gasteiger partial charge is 0.416 e. The van der Waals surface area contributed by atoms with Gasteiger partial charge in [-0.3, -0.25) is 0 Å².